The Bertz CT molecular complexity index is 1140. The molecule has 1 fully saturated rings. The van der Waals surface area contributed by atoms with Crippen molar-refractivity contribution in [2.75, 3.05) is 31.3 Å². The smallest absolute Gasteiger partial charge is 0.198 e. The first kappa shape index (κ1) is 23.3. The molecule has 0 amide bonds. The third kappa shape index (κ3) is 5.02. The molecule has 1 saturated heterocycles. The maximum Gasteiger partial charge on any atom is 0.198 e. The standard InChI is InChI=1S/C22H32N4O4S2/c1-4-29-19-11-17-6-8-25(13-18(17)12-20(19)30-5-2)15-26-22(31)24(3)21(23-26)10-16-7-9-32(27,28)14-16/h11-12,16H,4-10,13-15H2,1-3H3/t16-/m1/s1. The Morgan fingerprint density at radius 3 is 2.47 bits per heavy atom. The van der Waals surface area contributed by atoms with Gasteiger partial charge in [0.1, 0.15) is 5.82 Å². The average molecular weight is 481 g/mol. The minimum Gasteiger partial charge on any atom is -0.490 e. The molecule has 0 saturated carbocycles. The quantitative estimate of drug-likeness (QED) is 0.538. The molecule has 10 heteroatoms. The van der Waals surface area contributed by atoms with Crippen LogP contribution in [-0.4, -0.2) is 58.9 Å². The van der Waals surface area contributed by atoms with Crippen molar-refractivity contribution in [2.24, 2.45) is 13.0 Å². The van der Waals surface area contributed by atoms with Crippen molar-refractivity contribution in [1.82, 2.24) is 19.2 Å². The van der Waals surface area contributed by atoms with Gasteiger partial charge in [-0.05, 0) is 68.1 Å². The minimum atomic E-state index is -2.89. The fourth-order valence-electron chi connectivity index (χ4n) is 4.56. The summed E-state index contributed by atoms with van der Waals surface area (Å²) in [6.07, 6.45) is 2.28. The van der Waals surface area contributed by atoms with Crippen molar-refractivity contribution in [1.29, 1.82) is 0 Å². The van der Waals surface area contributed by atoms with Crippen molar-refractivity contribution >= 4 is 22.1 Å². The average Bonchev–Trinajstić information content (AvgIpc) is 3.22. The molecule has 8 nitrogen and oxygen atoms in total. The number of nitrogens with zero attached hydrogens (tertiary/aromatic N) is 4. The summed E-state index contributed by atoms with van der Waals surface area (Å²) in [4.78, 5) is 2.32. The zero-order valence-electron chi connectivity index (χ0n) is 19.0. The van der Waals surface area contributed by atoms with E-state index in [-0.39, 0.29) is 17.4 Å². The second-order valence-electron chi connectivity index (χ2n) is 8.61. The summed E-state index contributed by atoms with van der Waals surface area (Å²) in [6.45, 7) is 7.45. The fraction of sp³-hybridized carbons (Fsp3) is 0.636. The monoisotopic (exact) mass is 480 g/mol. The van der Waals surface area contributed by atoms with Gasteiger partial charge in [-0.25, -0.2) is 13.1 Å². The lowest BCUT2D eigenvalue weighted by Crippen LogP contribution is -2.33. The van der Waals surface area contributed by atoms with Crippen molar-refractivity contribution in [3.05, 3.63) is 33.9 Å². The number of hydrogen-bond acceptors (Lipinski definition) is 7. The van der Waals surface area contributed by atoms with E-state index in [1.807, 2.05) is 30.1 Å². The van der Waals surface area contributed by atoms with E-state index in [2.05, 4.69) is 17.0 Å². The maximum atomic E-state index is 11.8. The van der Waals surface area contributed by atoms with E-state index >= 15 is 0 Å². The van der Waals surface area contributed by atoms with E-state index in [4.69, 9.17) is 26.8 Å². The molecule has 2 aliphatic heterocycles. The van der Waals surface area contributed by atoms with Crippen LogP contribution in [-0.2, 0) is 42.9 Å². The molecule has 3 heterocycles. The zero-order valence-corrected chi connectivity index (χ0v) is 20.7. The molecule has 0 bridgehead atoms. The van der Waals surface area contributed by atoms with Crippen LogP contribution in [0.5, 0.6) is 11.5 Å². The number of ether oxygens (including phenoxy) is 2. The summed E-state index contributed by atoms with van der Waals surface area (Å²) in [5, 5.41) is 4.75. The molecular weight excluding hydrogens is 448 g/mol. The predicted octanol–water partition coefficient (Wildman–Crippen LogP) is 2.74. The summed E-state index contributed by atoms with van der Waals surface area (Å²) in [7, 11) is -0.978. The molecule has 0 spiro atoms. The Hall–Kier alpha value is -1.91. The molecule has 176 valence electrons. The third-order valence-electron chi connectivity index (χ3n) is 6.22. The number of sulfone groups is 1. The summed E-state index contributed by atoms with van der Waals surface area (Å²) in [5.74, 6) is 3.12. The number of rotatable bonds is 8. The van der Waals surface area contributed by atoms with Crippen LogP contribution in [0.4, 0.5) is 0 Å². The number of hydrogen-bond donors (Lipinski definition) is 0. The summed E-state index contributed by atoms with van der Waals surface area (Å²) in [6, 6.07) is 4.21. The van der Waals surface area contributed by atoms with Crippen molar-refractivity contribution < 1.29 is 17.9 Å². The van der Waals surface area contributed by atoms with Crippen LogP contribution >= 0.6 is 12.2 Å². The van der Waals surface area contributed by atoms with Crippen LogP contribution < -0.4 is 9.47 Å². The van der Waals surface area contributed by atoms with Gasteiger partial charge >= 0.3 is 0 Å². The third-order valence-corrected chi connectivity index (χ3v) is 8.54. The highest BCUT2D eigenvalue weighted by Gasteiger charge is 2.29. The minimum absolute atomic E-state index is 0.127. The second-order valence-corrected chi connectivity index (χ2v) is 11.2. The zero-order chi connectivity index (χ0) is 22.9. The highest BCUT2D eigenvalue weighted by molar-refractivity contribution is 7.91. The lowest BCUT2D eigenvalue weighted by atomic mass is 9.99. The molecule has 2 aromatic rings. The predicted molar refractivity (Wildman–Crippen MR) is 125 cm³/mol. The van der Waals surface area contributed by atoms with E-state index < -0.39 is 9.84 Å². The van der Waals surface area contributed by atoms with Crippen LogP contribution in [0.2, 0.25) is 0 Å². The lowest BCUT2D eigenvalue weighted by molar-refractivity contribution is 0.186. The van der Waals surface area contributed by atoms with Gasteiger partial charge in [-0.2, -0.15) is 5.10 Å². The van der Waals surface area contributed by atoms with E-state index in [1.54, 1.807) is 0 Å². The number of benzene rings is 1. The Morgan fingerprint density at radius 2 is 1.84 bits per heavy atom. The van der Waals surface area contributed by atoms with Gasteiger partial charge in [0.25, 0.3) is 0 Å². The molecule has 1 atom stereocenters. The van der Waals surface area contributed by atoms with E-state index in [0.717, 1.165) is 36.8 Å². The topological polar surface area (TPSA) is 78.6 Å². The maximum absolute atomic E-state index is 11.8. The molecule has 0 unspecified atom stereocenters. The molecule has 1 aromatic carbocycles. The molecule has 0 N–H and O–H groups in total. The number of fused-ring (bicyclic) bond motifs is 1. The van der Waals surface area contributed by atoms with Crippen LogP contribution in [0, 0.1) is 10.7 Å². The molecule has 4 rings (SSSR count). The van der Waals surface area contributed by atoms with Crippen LogP contribution in [0.1, 0.15) is 37.2 Å². The molecule has 0 aliphatic carbocycles. The van der Waals surface area contributed by atoms with E-state index in [0.29, 0.717) is 37.5 Å². The molecule has 32 heavy (non-hydrogen) atoms. The van der Waals surface area contributed by atoms with Crippen molar-refractivity contribution in [3.8, 4) is 11.5 Å². The van der Waals surface area contributed by atoms with Gasteiger partial charge in [0.2, 0.25) is 0 Å². The van der Waals surface area contributed by atoms with Gasteiger partial charge in [-0.3, -0.25) is 4.90 Å². The van der Waals surface area contributed by atoms with Crippen molar-refractivity contribution in [3.63, 3.8) is 0 Å². The molecule has 2 aliphatic rings. The first-order valence-corrected chi connectivity index (χ1v) is 13.5. The van der Waals surface area contributed by atoms with Crippen LogP contribution in [0.3, 0.4) is 0 Å². The normalized spacial score (nSPS) is 20.3. The van der Waals surface area contributed by atoms with Gasteiger partial charge in [0.15, 0.2) is 26.1 Å². The first-order valence-electron chi connectivity index (χ1n) is 11.3. The van der Waals surface area contributed by atoms with E-state index in [9.17, 15) is 8.42 Å². The highest BCUT2D eigenvalue weighted by Crippen LogP contribution is 2.34. The van der Waals surface area contributed by atoms with Crippen molar-refractivity contribution in [2.45, 2.75) is 46.3 Å². The van der Waals surface area contributed by atoms with Gasteiger partial charge in [0.05, 0.1) is 31.4 Å². The molecule has 1 aromatic heterocycles. The van der Waals surface area contributed by atoms with Crippen LogP contribution in [0.15, 0.2) is 12.1 Å². The SMILES string of the molecule is CCOc1cc2c(cc1OCC)CN(Cn1nc(C[C@H]3CCS(=O)(=O)C3)n(C)c1=S)CC2. The second kappa shape index (κ2) is 9.52. The van der Waals surface area contributed by atoms with Gasteiger partial charge < -0.3 is 14.0 Å². The molecule has 0 radical (unpaired) electrons. The Kier molecular flexibility index (Phi) is 6.92. The Labute approximate surface area is 195 Å². The Balaban J connectivity index is 1.48. The van der Waals surface area contributed by atoms with Gasteiger partial charge in [-0.1, -0.05) is 0 Å². The largest absolute Gasteiger partial charge is 0.490 e. The van der Waals surface area contributed by atoms with Gasteiger partial charge in [0, 0.05) is 26.6 Å². The fourth-order valence-corrected chi connectivity index (χ4v) is 6.63. The summed E-state index contributed by atoms with van der Waals surface area (Å²) < 4.78 is 39.6. The first-order chi connectivity index (χ1) is 15.3. The Morgan fingerprint density at radius 1 is 1.16 bits per heavy atom. The van der Waals surface area contributed by atoms with Gasteiger partial charge in [-0.15, -0.1) is 0 Å². The summed E-state index contributed by atoms with van der Waals surface area (Å²) in [5.41, 5.74) is 2.53. The van der Waals surface area contributed by atoms with E-state index in [1.165, 1.54) is 11.1 Å². The highest BCUT2D eigenvalue weighted by atomic mass is 32.2. The number of aromatic nitrogens is 3. The van der Waals surface area contributed by atoms with Crippen LogP contribution in [0.25, 0.3) is 0 Å². The lowest BCUT2D eigenvalue weighted by Gasteiger charge is -2.29. The molecular formula is C22H32N4O4S2. The summed E-state index contributed by atoms with van der Waals surface area (Å²) >= 11 is 5.63.